The fourth-order valence-electron chi connectivity index (χ4n) is 4.20. The highest BCUT2D eigenvalue weighted by Crippen LogP contribution is 2.36. The molecular formula is C32H53F3N2O9Si. The molecule has 0 spiro atoms. The highest BCUT2D eigenvalue weighted by Gasteiger charge is 2.37. The van der Waals surface area contributed by atoms with Crippen molar-refractivity contribution in [1.82, 2.24) is 10.2 Å². The molecule has 1 heterocycles. The van der Waals surface area contributed by atoms with Crippen molar-refractivity contribution in [1.29, 1.82) is 0 Å². The minimum atomic E-state index is -4.67. The molecule has 15 heteroatoms. The first-order valence-electron chi connectivity index (χ1n) is 15.9. The molecule has 0 saturated carbocycles. The van der Waals surface area contributed by atoms with Gasteiger partial charge in [-0.25, -0.2) is 4.79 Å². The molecule has 1 N–H and O–H groups in total. The van der Waals surface area contributed by atoms with Gasteiger partial charge in [0.2, 0.25) is 5.91 Å². The van der Waals surface area contributed by atoms with Crippen molar-refractivity contribution in [3.63, 3.8) is 0 Å². The Balaban J connectivity index is 1.87. The molecule has 1 aromatic rings. The van der Waals surface area contributed by atoms with Crippen LogP contribution in [0.1, 0.15) is 59.6 Å². The molecule has 0 aliphatic carbocycles. The Morgan fingerprint density at radius 2 is 1.49 bits per heavy atom. The minimum absolute atomic E-state index is 0.105. The van der Waals surface area contributed by atoms with Gasteiger partial charge in [0.05, 0.1) is 52.4 Å². The molecule has 1 aliphatic heterocycles. The number of carbonyl (C=O) groups is 2. The van der Waals surface area contributed by atoms with Gasteiger partial charge in [-0.05, 0) is 63.0 Å². The summed E-state index contributed by atoms with van der Waals surface area (Å²) in [6, 6.07) is 6.03. The van der Waals surface area contributed by atoms with E-state index in [2.05, 4.69) is 43.9 Å². The third-order valence-corrected chi connectivity index (χ3v) is 12.2. The number of rotatable bonds is 18. The summed E-state index contributed by atoms with van der Waals surface area (Å²) in [6.07, 6.45) is -4.99. The topological polar surface area (TPSA) is 114 Å². The van der Waals surface area contributed by atoms with Crippen LogP contribution in [-0.4, -0.2) is 109 Å². The summed E-state index contributed by atoms with van der Waals surface area (Å²) in [6.45, 7) is 17.9. The highest BCUT2D eigenvalue weighted by atomic mass is 28.4. The molecule has 2 atom stereocenters. The van der Waals surface area contributed by atoms with Crippen LogP contribution in [0, 0.1) is 0 Å². The van der Waals surface area contributed by atoms with E-state index in [-0.39, 0.29) is 50.1 Å². The van der Waals surface area contributed by atoms with Crippen LogP contribution >= 0.6 is 0 Å². The number of likely N-dealkylation sites (tertiary alicyclic amines) is 1. The summed E-state index contributed by atoms with van der Waals surface area (Å²) in [5.41, 5.74) is -0.167. The number of ether oxygens (including phenoxy) is 6. The van der Waals surface area contributed by atoms with E-state index < -0.39 is 39.0 Å². The first kappa shape index (κ1) is 40.7. The number of alkyl carbamates (subject to hydrolysis) is 1. The van der Waals surface area contributed by atoms with Gasteiger partial charge in [-0.1, -0.05) is 32.9 Å². The number of alkyl halides is 3. The van der Waals surface area contributed by atoms with Crippen molar-refractivity contribution in [2.75, 3.05) is 65.9 Å². The molecule has 0 radical (unpaired) electrons. The lowest BCUT2D eigenvalue weighted by atomic mass is 10.1. The van der Waals surface area contributed by atoms with E-state index >= 15 is 0 Å². The second kappa shape index (κ2) is 18.4. The molecule has 11 nitrogen and oxygen atoms in total. The zero-order valence-electron chi connectivity index (χ0n) is 29.0. The standard InChI is InChI=1S/C32H53F3N2O9Si/c1-30(2,3)46-29(39)36-27(24-9-11-25(12-10-24)42-20-22-45-47(7,8)31(4,5)6)28(38)37-14-13-26(23-37)43-19-17-40-15-16-41-18-21-44-32(33,34)35/h9-12,26-27H,13-23H2,1-8H3,(H,36,39)/t26-,27-/m0/s1. The highest BCUT2D eigenvalue weighted by molar-refractivity contribution is 6.74. The van der Waals surface area contributed by atoms with E-state index in [0.717, 1.165) is 0 Å². The third kappa shape index (κ3) is 16.0. The van der Waals surface area contributed by atoms with E-state index in [1.54, 1.807) is 49.9 Å². The molecule has 2 amide bonds. The number of benzene rings is 1. The van der Waals surface area contributed by atoms with Gasteiger partial charge in [0.15, 0.2) is 8.32 Å². The number of amides is 2. The van der Waals surface area contributed by atoms with E-state index in [4.69, 9.17) is 28.1 Å². The minimum Gasteiger partial charge on any atom is -0.491 e. The van der Waals surface area contributed by atoms with Crippen LogP contribution in [0.15, 0.2) is 24.3 Å². The Morgan fingerprint density at radius 3 is 2.06 bits per heavy atom. The van der Waals surface area contributed by atoms with Gasteiger partial charge < -0.3 is 38.3 Å². The maximum atomic E-state index is 13.7. The summed E-state index contributed by atoms with van der Waals surface area (Å²) in [5, 5.41) is 2.84. The SMILES string of the molecule is CC(C)(C)OC(=O)N[C@H](C(=O)N1CC[C@H](OCCOCCOCCOC(F)(F)F)C1)c1ccc(OCCO[Si](C)(C)C(C)(C)C)cc1. The van der Waals surface area contributed by atoms with Crippen molar-refractivity contribution < 1.29 is 55.6 Å². The second-order valence-corrected chi connectivity index (χ2v) is 18.5. The normalized spacial score (nSPS) is 16.7. The maximum absolute atomic E-state index is 13.7. The van der Waals surface area contributed by atoms with Crippen LogP contribution in [0.2, 0.25) is 18.1 Å². The molecule has 0 aromatic heterocycles. The summed E-state index contributed by atoms with van der Waals surface area (Å²) in [5.74, 6) is 0.330. The van der Waals surface area contributed by atoms with Crippen LogP contribution in [0.5, 0.6) is 5.75 Å². The number of halogens is 3. The lowest BCUT2D eigenvalue weighted by molar-refractivity contribution is -0.327. The van der Waals surface area contributed by atoms with Gasteiger partial charge >= 0.3 is 12.5 Å². The average molecular weight is 695 g/mol. The predicted molar refractivity (Wildman–Crippen MR) is 172 cm³/mol. The summed E-state index contributed by atoms with van der Waals surface area (Å²) >= 11 is 0. The smallest absolute Gasteiger partial charge is 0.491 e. The number of nitrogens with one attached hydrogen (secondary N) is 1. The van der Waals surface area contributed by atoms with Crippen molar-refractivity contribution >= 4 is 20.3 Å². The zero-order valence-corrected chi connectivity index (χ0v) is 30.0. The maximum Gasteiger partial charge on any atom is 0.522 e. The number of hydrogen-bond acceptors (Lipinski definition) is 9. The first-order valence-corrected chi connectivity index (χ1v) is 18.8. The average Bonchev–Trinajstić information content (AvgIpc) is 3.42. The van der Waals surface area contributed by atoms with Crippen molar-refractivity contribution in [2.24, 2.45) is 0 Å². The van der Waals surface area contributed by atoms with E-state index in [9.17, 15) is 22.8 Å². The Labute approximate surface area is 277 Å². The zero-order chi connectivity index (χ0) is 35.3. The van der Waals surface area contributed by atoms with Crippen LogP contribution in [0.25, 0.3) is 0 Å². The van der Waals surface area contributed by atoms with E-state index in [0.29, 0.717) is 44.0 Å². The Bertz CT molecular complexity index is 1090. The molecular weight excluding hydrogens is 641 g/mol. The van der Waals surface area contributed by atoms with Gasteiger partial charge in [0, 0.05) is 13.1 Å². The Morgan fingerprint density at radius 1 is 0.894 bits per heavy atom. The lowest BCUT2D eigenvalue weighted by Crippen LogP contribution is -2.44. The Kier molecular flexibility index (Phi) is 15.9. The predicted octanol–water partition coefficient (Wildman–Crippen LogP) is 5.84. The van der Waals surface area contributed by atoms with Crippen molar-refractivity contribution in [2.45, 2.75) is 90.2 Å². The van der Waals surface area contributed by atoms with Crippen LogP contribution in [-0.2, 0) is 32.9 Å². The summed E-state index contributed by atoms with van der Waals surface area (Å²) < 4.78 is 73.2. The lowest BCUT2D eigenvalue weighted by Gasteiger charge is -2.36. The quantitative estimate of drug-likeness (QED) is 0.150. The number of carbonyl (C=O) groups excluding carboxylic acids is 2. The van der Waals surface area contributed by atoms with Crippen molar-refractivity contribution in [3.05, 3.63) is 29.8 Å². The number of hydrogen-bond donors (Lipinski definition) is 1. The summed E-state index contributed by atoms with van der Waals surface area (Å²) in [7, 11) is -1.88. The van der Waals surface area contributed by atoms with Crippen LogP contribution < -0.4 is 10.1 Å². The van der Waals surface area contributed by atoms with E-state index in [1.165, 1.54) is 0 Å². The molecule has 270 valence electrons. The fourth-order valence-corrected chi connectivity index (χ4v) is 5.23. The fraction of sp³-hybridized carbons (Fsp3) is 0.750. The number of nitrogens with zero attached hydrogens (tertiary/aromatic N) is 1. The molecule has 1 aromatic carbocycles. The third-order valence-electron chi connectivity index (χ3n) is 7.65. The van der Waals surface area contributed by atoms with E-state index in [1.807, 2.05) is 0 Å². The Hall–Kier alpha value is -2.43. The molecule has 1 aliphatic rings. The van der Waals surface area contributed by atoms with Crippen LogP contribution in [0.4, 0.5) is 18.0 Å². The molecule has 0 bridgehead atoms. The van der Waals surface area contributed by atoms with Gasteiger partial charge in [-0.3, -0.25) is 9.53 Å². The van der Waals surface area contributed by atoms with Gasteiger partial charge in [-0.15, -0.1) is 13.2 Å². The molecule has 1 saturated heterocycles. The van der Waals surface area contributed by atoms with Crippen molar-refractivity contribution in [3.8, 4) is 5.75 Å². The summed E-state index contributed by atoms with van der Waals surface area (Å²) in [4.78, 5) is 28.1. The van der Waals surface area contributed by atoms with Gasteiger partial charge in [0.1, 0.15) is 24.0 Å². The first-order chi connectivity index (χ1) is 21.8. The molecule has 1 fully saturated rings. The monoisotopic (exact) mass is 694 g/mol. The van der Waals surface area contributed by atoms with Gasteiger partial charge in [-0.2, -0.15) is 0 Å². The molecule has 47 heavy (non-hydrogen) atoms. The molecule has 2 rings (SSSR count). The largest absolute Gasteiger partial charge is 0.522 e. The van der Waals surface area contributed by atoms with Crippen LogP contribution in [0.3, 0.4) is 0 Å². The second-order valence-electron chi connectivity index (χ2n) is 13.7. The molecule has 0 unspecified atom stereocenters. The van der Waals surface area contributed by atoms with Gasteiger partial charge in [0.25, 0.3) is 0 Å².